The molecule has 0 saturated heterocycles. The smallest absolute Gasteiger partial charge is 0.212 e. The van der Waals surface area contributed by atoms with E-state index in [1.165, 1.54) is 0 Å². The number of furan rings is 2. The number of rotatable bonds is 7. The monoisotopic (exact) mass is 528 g/mol. The highest BCUT2D eigenvalue weighted by Gasteiger charge is 2.08. The maximum atomic E-state index is 5.90. The van der Waals surface area contributed by atoms with Gasteiger partial charge in [0.25, 0.3) is 0 Å². The summed E-state index contributed by atoms with van der Waals surface area (Å²) in [4.78, 5) is 8.46. The fourth-order valence-corrected chi connectivity index (χ4v) is 5.14. The number of halogens is 2. The van der Waals surface area contributed by atoms with E-state index in [0.29, 0.717) is 16.4 Å². The Labute approximate surface area is 213 Å². The van der Waals surface area contributed by atoms with Crippen LogP contribution in [-0.4, -0.2) is 24.8 Å². The first-order valence-corrected chi connectivity index (χ1v) is 12.7. The van der Waals surface area contributed by atoms with Gasteiger partial charge in [-0.3, -0.25) is 0 Å². The Bertz CT molecular complexity index is 1320. The largest absolute Gasteiger partial charge is 0.444 e. The first-order chi connectivity index (χ1) is 16.6. The Morgan fingerprint density at radius 1 is 0.882 bits per heavy atom. The van der Waals surface area contributed by atoms with E-state index >= 15 is 0 Å². The Morgan fingerprint density at radius 2 is 1.47 bits per heavy atom. The highest BCUT2D eigenvalue weighted by molar-refractivity contribution is 7.16. The van der Waals surface area contributed by atoms with Gasteiger partial charge in [-0.2, -0.15) is 5.10 Å². The number of thiophene rings is 2. The van der Waals surface area contributed by atoms with Gasteiger partial charge in [-0.1, -0.05) is 0 Å². The van der Waals surface area contributed by atoms with Gasteiger partial charge in [0.2, 0.25) is 5.96 Å². The second kappa shape index (κ2) is 10.5. The van der Waals surface area contributed by atoms with Crippen LogP contribution in [0.25, 0.3) is 33.4 Å². The average molecular weight is 529 g/mol. The number of guanidine groups is 1. The van der Waals surface area contributed by atoms with E-state index < -0.39 is 0 Å². The number of hydrogen-bond acceptors (Lipinski definition) is 8. The van der Waals surface area contributed by atoms with Crippen molar-refractivity contribution in [3.05, 3.63) is 80.9 Å². The van der Waals surface area contributed by atoms with Crippen LogP contribution in [0.2, 0.25) is 10.4 Å². The highest BCUT2D eigenvalue weighted by atomic mass is 35.5. The summed E-state index contributed by atoms with van der Waals surface area (Å²) < 4.78 is 11.0. The lowest BCUT2D eigenvalue weighted by atomic mass is 10.2. The number of nitrogens with one attached hydrogen (secondary N) is 2. The molecule has 0 unspecified atom stereocenters. The molecular weight excluding hydrogens is 511 g/mol. The minimum absolute atomic E-state index is 0.376. The number of allylic oxidation sites excluding steroid dienone is 2. The molecule has 6 nitrogen and oxygen atoms in total. The third-order valence-corrected chi connectivity index (χ3v) is 7.22. The van der Waals surface area contributed by atoms with Crippen molar-refractivity contribution in [3.8, 4) is 21.3 Å². The Balaban J connectivity index is 1.33. The van der Waals surface area contributed by atoms with E-state index in [9.17, 15) is 0 Å². The molecule has 34 heavy (non-hydrogen) atoms. The second-order valence-corrected chi connectivity index (χ2v) is 10.1. The van der Waals surface area contributed by atoms with Crippen LogP contribution < -0.4 is 10.7 Å². The van der Waals surface area contributed by atoms with E-state index in [2.05, 4.69) is 20.8 Å². The number of hydrazone groups is 1. The SMILES string of the molecule is Clc1ccc(-c2ccc(/C=C/C(/C=C/c3ccc(-c4ccc(Cl)o4)s3)=NNC3=NCCN3)s2)o1. The van der Waals surface area contributed by atoms with Crippen molar-refractivity contribution in [2.45, 2.75) is 0 Å². The lowest BCUT2D eigenvalue weighted by Crippen LogP contribution is -2.30. The van der Waals surface area contributed by atoms with E-state index in [0.717, 1.165) is 49.8 Å². The summed E-state index contributed by atoms with van der Waals surface area (Å²) in [5.41, 5.74) is 3.73. The van der Waals surface area contributed by atoms with Crippen molar-refractivity contribution in [2.75, 3.05) is 13.1 Å². The fraction of sp³-hybridized carbons (Fsp3) is 0.0833. The van der Waals surface area contributed by atoms with Crippen LogP contribution in [0.1, 0.15) is 9.75 Å². The van der Waals surface area contributed by atoms with Gasteiger partial charge in [0, 0.05) is 16.3 Å². The molecule has 4 aromatic heterocycles. The van der Waals surface area contributed by atoms with Gasteiger partial charge in [-0.25, -0.2) is 10.4 Å². The summed E-state index contributed by atoms with van der Waals surface area (Å²) in [6, 6.07) is 15.3. The third-order valence-electron chi connectivity index (χ3n) is 4.69. The zero-order valence-corrected chi connectivity index (χ0v) is 20.8. The van der Waals surface area contributed by atoms with Crippen molar-refractivity contribution in [3.63, 3.8) is 0 Å². The zero-order chi connectivity index (χ0) is 23.3. The Kier molecular flexibility index (Phi) is 7.01. The van der Waals surface area contributed by atoms with Gasteiger partial charge in [-0.05, 0) is 96.0 Å². The summed E-state index contributed by atoms with van der Waals surface area (Å²) in [7, 11) is 0. The van der Waals surface area contributed by atoms with Crippen LogP contribution >= 0.6 is 45.9 Å². The summed E-state index contributed by atoms with van der Waals surface area (Å²) in [5, 5.41) is 8.41. The van der Waals surface area contributed by atoms with Gasteiger partial charge < -0.3 is 14.2 Å². The maximum Gasteiger partial charge on any atom is 0.212 e. The molecule has 0 fully saturated rings. The molecule has 0 amide bonds. The van der Waals surface area contributed by atoms with Crippen molar-refractivity contribution < 1.29 is 8.83 Å². The molecule has 0 bridgehead atoms. The molecule has 0 atom stereocenters. The molecule has 172 valence electrons. The number of nitrogens with zero attached hydrogens (tertiary/aromatic N) is 2. The summed E-state index contributed by atoms with van der Waals surface area (Å²) in [6.45, 7) is 1.55. The molecule has 0 radical (unpaired) electrons. The maximum absolute atomic E-state index is 5.90. The summed E-state index contributed by atoms with van der Waals surface area (Å²) >= 11 is 15.0. The van der Waals surface area contributed by atoms with Crippen molar-refractivity contribution in [2.24, 2.45) is 10.1 Å². The molecule has 1 aliphatic rings. The topological polar surface area (TPSA) is 75.1 Å². The van der Waals surface area contributed by atoms with Crippen molar-refractivity contribution in [1.29, 1.82) is 0 Å². The molecule has 0 saturated carbocycles. The first-order valence-electron chi connectivity index (χ1n) is 10.3. The molecule has 0 aromatic carbocycles. The minimum Gasteiger partial charge on any atom is -0.444 e. The molecule has 10 heteroatoms. The highest BCUT2D eigenvalue weighted by Crippen LogP contribution is 2.32. The lowest BCUT2D eigenvalue weighted by molar-refractivity contribution is 0.585. The van der Waals surface area contributed by atoms with Crippen molar-refractivity contribution in [1.82, 2.24) is 10.7 Å². The van der Waals surface area contributed by atoms with Crippen LogP contribution in [0.15, 0.2) is 79.6 Å². The van der Waals surface area contributed by atoms with E-state index in [1.807, 2.05) is 60.7 Å². The van der Waals surface area contributed by atoms with Crippen LogP contribution in [-0.2, 0) is 0 Å². The predicted molar refractivity (Wildman–Crippen MR) is 143 cm³/mol. The molecule has 5 rings (SSSR count). The second-order valence-electron chi connectivity index (χ2n) is 7.08. The van der Waals surface area contributed by atoms with E-state index in [1.54, 1.807) is 34.8 Å². The normalized spacial score (nSPS) is 13.5. The molecule has 5 heterocycles. The van der Waals surface area contributed by atoms with Crippen LogP contribution in [0.5, 0.6) is 0 Å². The van der Waals surface area contributed by atoms with Crippen LogP contribution in [0.3, 0.4) is 0 Å². The van der Waals surface area contributed by atoms with Crippen LogP contribution in [0, 0.1) is 0 Å². The van der Waals surface area contributed by atoms with Gasteiger partial charge >= 0.3 is 0 Å². The van der Waals surface area contributed by atoms with E-state index in [-0.39, 0.29) is 0 Å². The molecule has 0 aliphatic carbocycles. The molecule has 2 N–H and O–H groups in total. The third kappa shape index (κ3) is 5.71. The Hall–Kier alpha value is -3.04. The molecular formula is C24H18Cl2N4O2S2. The van der Waals surface area contributed by atoms with Gasteiger partial charge in [0.1, 0.15) is 11.5 Å². The zero-order valence-electron chi connectivity index (χ0n) is 17.6. The minimum atomic E-state index is 0.376. The summed E-state index contributed by atoms with van der Waals surface area (Å²) in [5.74, 6) is 2.17. The first kappa shape index (κ1) is 22.7. The van der Waals surface area contributed by atoms with Crippen molar-refractivity contribution >= 4 is 69.7 Å². The molecule has 0 spiro atoms. The van der Waals surface area contributed by atoms with Gasteiger partial charge in [0.05, 0.1) is 22.0 Å². The number of hydrogen-bond donors (Lipinski definition) is 2. The fourth-order valence-electron chi connectivity index (χ4n) is 3.10. The lowest BCUT2D eigenvalue weighted by Gasteiger charge is -2.01. The van der Waals surface area contributed by atoms with E-state index in [4.69, 9.17) is 32.0 Å². The van der Waals surface area contributed by atoms with Gasteiger partial charge in [-0.15, -0.1) is 22.7 Å². The quantitative estimate of drug-likeness (QED) is 0.195. The molecule has 1 aliphatic heterocycles. The van der Waals surface area contributed by atoms with Gasteiger partial charge in [0.15, 0.2) is 10.4 Å². The average Bonchev–Trinajstić information content (AvgIpc) is 3.64. The van der Waals surface area contributed by atoms with Crippen LogP contribution in [0.4, 0.5) is 0 Å². The standard InChI is InChI=1S/C24H18Cl2N4O2S2/c25-22-11-7-18(31-22)20-9-5-16(33-20)3-1-15(29-30-24-27-13-14-28-24)2-4-17-6-10-21(34-17)19-8-12-23(26)32-19/h1-12H,13-14H2,(H2,27,28,30)/b3-1+,4-2+. The molecule has 4 aromatic rings. The Morgan fingerprint density at radius 3 is 1.94 bits per heavy atom. The summed E-state index contributed by atoms with van der Waals surface area (Å²) in [6.07, 6.45) is 7.92. The predicted octanol–water partition coefficient (Wildman–Crippen LogP) is 7.27. The number of aliphatic imine (C=N–C) groups is 1.